The lowest BCUT2D eigenvalue weighted by molar-refractivity contribution is -0.136. The predicted octanol–water partition coefficient (Wildman–Crippen LogP) is 0.903. The van der Waals surface area contributed by atoms with Gasteiger partial charge in [-0.05, 0) is 49.3 Å². The second kappa shape index (κ2) is 6.39. The monoisotopic (exact) mass is 382 g/mol. The molecule has 3 N–H and O–H groups in total. The van der Waals surface area contributed by atoms with Gasteiger partial charge in [-0.15, -0.1) is 0 Å². The molecular formula is C21H26N4O3. The Balaban J connectivity index is 1.41. The molecule has 1 aromatic rings. The molecule has 28 heavy (non-hydrogen) atoms. The van der Waals surface area contributed by atoms with Gasteiger partial charge in [-0.25, -0.2) is 0 Å². The van der Waals surface area contributed by atoms with Crippen molar-refractivity contribution in [1.29, 1.82) is 0 Å². The van der Waals surface area contributed by atoms with Gasteiger partial charge in [-0.3, -0.25) is 24.6 Å². The number of benzene rings is 1. The lowest BCUT2D eigenvalue weighted by atomic mass is 9.88. The normalized spacial score (nSPS) is 32.2. The number of fused-ring (bicyclic) bond motifs is 3. The highest BCUT2D eigenvalue weighted by Crippen LogP contribution is 2.47. The molecule has 0 aromatic heterocycles. The fraction of sp³-hybridized carbons (Fsp3) is 0.571. The van der Waals surface area contributed by atoms with Gasteiger partial charge < -0.3 is 10.6 Å². The molecule has 4 aliphatic heterocycles. The number of amides is 3. The molecule has 7 heteroatoms. The summed E-state index contributed by atoms with van der Waals surface area (Å²) in [7, 11) is 0. The quantitative estimate of drug-likeness (QED) is 0.755. The fourth-order valence-electron chi connectivity index (χ4n) is 5.73. The highest BCUT2D eigenvalue weighted by Gasteiger charge is 2.50. The van der Waals surface area contributed by atoms with Crippen LogP contribution in [0, 0.1) is 0 Å². The first-order chi connectivity index (χ1) is 13.5. The van der Waals surface area contributed by atoms with E-state index in [0.717, 1.165) is 30.5 Å². The number of hydrogen-bond acceptors (Lipinski definition) is 5. The number of rotatable bonds is 4. The number of nitrogens with two attached hydrogens (primary N) is 1. The number of carbonyl (C=O) groups excluding carboxylic acids is 3. The number of hydrogen-bond donors (Lipinski definition) is 2. The van der Waals surface area contributed by atoms with Crippen molar-refractivity contribution in [3.8, 4) is 0 Å². The summed E-state index contributed by atoms with van der Waals surface area (Å²) in [4.78, 5) is 40.9. The Bertz CT molecular complexity index is 859. The van der Waals surface area contributed by atoms with Gasteiger partial charge in [0.05, 0.1) is 0 Å². The summed E-state index contributed by atoms with van der Waals surface area (Å²) in [5.74, 6) is -0.731. The average molecular weight is 382 g/mol. The number of piperidine rings is 1. The third-order valence-electron chi connectivity index (χ3n) is 7.34. The van der Waals surface area contributed by atoms with Crippen LogP contribution in [0.3, 0.4) is 0 Å². The minimum absolute atomic E-state index is 0.107. The van der Waals surface area contributed by atoms with Gasteiger partial charge in [0.25, 0.3) is 5.91 Å². The molecule has 0 saturated carbocycles. The zero-order valence-electron chi connectivity index (χ0n) is 15.9. The van der Waals surface area contributed by atoms with E-state index in [-0.39, 0.29) is 29.7 Å². The SMILES string of the molecule is NCC12CCC(CC1)N2Cc1cccc2c1CN(C1CCC(=O)NC1=O)C2=O. The maximum absolute atomic E-state index is 13.0. The number of nitrogens with zero attached hydrogens (tertiary/aromatic N) is 2. The summed E-state index contributed by atoms with van der Waals surface area (Å²) < 4.78 is 0. The second-order valence-corrected chi connectivity index (χ2v) is 8.63. The zero-order valence-corrected chi connectivity index (χ0v) is 15.9. The molecule has 2 bridgehead atoms. The number of nitrogens with one attached hydrogen (secondary N) is 1. The highest BCUT2D eigenvalue weighted by molar-refractivity contribution is 6.05. The van der Waals surface area contributed by atoms with E-state index in [9.17, 15) is 14.4 Å². The molecule has 1 unspecified atom stereocenters. The van der Waals surface area contributed by atoms with E-state index < -0.39 is 6.04 Å². The Morgan fingerprint density at radius 2 is 1.93 bits per heavy atom. The second-order valence-electron chi connectivity index (χ2n) is 8.63. The standard InChI is InChI=1S/C21H26N4O3/c22-12-21-8-6-14(7-9-21)25(21)10-13-2-1-3-15-16(13)11-24(20(15)28)17-4-5-18(26)23-19(17)27/h1-3,14,17H,4-12,22H2,(H,23,26,27). The van der Waals surface area contributed by atoms with Crippen LogP contribution in [0.1, 0.15) is 60.0 Å². The molecule has 7 nitrogen and oxygen atoms in total. The third kappa shape index (κ3) is 2.53. The van der Waals surface area contributed by atoms with Crippen LogP contribution < -0.4 is 11.1 Å². The molecule has 4 heterocycles. The van der Waals surface area contributed by atoms with E-state index in [1.165, 1.54) is 12.8 Å². The molecule has 5 rings (SSSR count). The molecule has 1 aromatic carbocycles. The van der Waals surface area contributed by atoms with Crippen molar-refractivity contribution in [3.05, 3.63) is 34.9 Å². The zero-order chi connectivity index (χ0) is 19.5. The van der Waals surface area contributed by atoms with Crippen LogP contribution in [0.25, 0.3) is 0 Å². The van der Waals surface area contributed by atoms with Crippen LogP contribution in [-0.2, 0) is 22.7 Å². The molecule has 3 saturated heterocycles. The van der Waals surface area contributed by atoms with Crippen molar-refractivity contribution in [1.82, 2.24) is 15.1 Å². The van der Waals surface area contributed by atoms with Crippen LogP contribution in [-0.4, -0.2) is 51.7 Å². The van der Waals surface area contributed by atoms with Crippen LogP contribution >= 0.6 is 0 Å². The summed E-state index contributed by atoms with van der Waals surface area (Å²) >= 11 is 0. The Morgan fingerprint density at radius 3 is 2.64 bits per heavy atom. The third-order valence-corrected chi connectivity index (χ3v) is 7.34. The Morgan fingerprint density at radius 1 is 1.14 bits per heavy atom. The molecular weight excluding hydrogens is 356 g/mol. The lowest BCUT2D eigenvalue weighted by Gasteiger charge is -2.34. The van der Waals surface area contributed by atoms with Crippen LogP contribution in [0.2, 0.25) is 0 Å². The summed E-state index contributed by atoms with van der Waals surface area (Å²) in [6.45, 7) is 1.92. The van der Waals surface area contributed by atoms with Gasteiger partial charge in [0.2, 0.25) is 11.8 Å². The summed E-state index contributed by atoms with van der Waals surface area (Å²) in [6.07, 6.45) is 5.39. The minimum atomic E-state index is -0.566. The van der Waals surface area contributed by atoms with Crippen molar-refractivity contribution in [2.45, 2.75) is 69.2 Å². The van der Waals surface area contributed by atoms with Gasteiger partial charge >= 0.3 is 0 Å². The van der Waals surface area contributed by atoms with Crippen molar-refractivity contribution in [2.75, 3.05) is 6.54 Å². The van der Waals surface area contributed by atoms with Gasteiger partial charge in [0.1, 0.15) is 6.04 Å². The van der Waals surface area contributed by atoms with Crippen molar-refractivity contribution in [2.24, 2.45) is 5.73 Å². The van der Waals surface area contributed by atoms with E-state index in [4.69, 9.17) is 5.73 Å². The van der Waals surface area contributed by atoms with E-state index in [1.54, 1.807) is 4.90 Å². The van der Waals surface area contributed by atoms with Crippen LogP contribution in [0.15, 0.2) is 18.2 Å². The molecule has 0 aliphatic carbocycles. The van der Waals surface area contributed by atoms with Gasteiger partial charge in [0, 0.05) is 43.2 Å². The summed E-state index contributed by atoms with van der Waals surface area (Å²) in [6, 6.07) is 5.91. The Hall–Kier alpha value is -2.25. The molecule has 0 radical (unpaired) electrons. The van der Waals surface area contributed by atoms with E-state index in [2.05, 4.69) is 16.3 Å². The first kappa shape index (κ1) is 17.8. The minimum Gasteiger partial charge on any atom is -0.329 e. The first-order valence-electron chi connectivity index (χ1n) is 10.2. The van der Waals surface area contributed by atoms with Crippen LogP contribution in [0.4, 0.5) is 0 Å². The molecule has 4 aliphatic rings. The maximum Gasteiger partial charge on any atom is 0.255 e. The smallest absolute Gasteiger partial charge is 0.255 e. The number of imide groups is 1. The molecule has 3 fully saturated rings. The first-order valence-corrected chi connectivity index (χ1v) is 10.2. The van der Waals surface area contributed by atoms with E-state index in [0.29, 0.717) is 31.1 Å². The molecule has 0 spiro atoms. The van der Waals surface area contributed by atoms with Crippen molar-refractivity contribution < 1.29 is 14.4 Å². The number of carbonyl (C=O) groups is 3. The molecule has 3 amide bonds. The van der Waals surface area contributed by atoms with Crippen molar-refractivity contribution in [3.63, 3.8) is 0 Å². The van der Waals surface area contributed by atoms with Crippen LogP contribution in [0.5, 0.6) is 0 Å². The molecule has 148 valence electrons. The van der Waals surface area contributed by atoms with E-state index >= 15 is 0 Å². The van der Waals surface area contributed by atoms with Gasteiger partial charge in [-0.1, -0.05) is 12.1 Å². The van der Waals surface area contributed by atoms with Gasteiger partial charge in [0.15, 0.2) is 0 Å². The highest BCUT2D eigenvalue weighted by atomic mass is 16.2. The van der Waals surface area contributed by atoms with Gasteiger partial charge in [-0.2, -0.15) is 0 Å². The Kier molecular flexibility index (Phi) is 4.07. The summed E-state index contributed by atoms with van der Waals surface area (Å²) in [5.41, 5.74) is 9.14. The fourth-order valence-corrected chi connectivity index (χ4v) is 5.73. The van der Waals surface area contributed by atoms with E-state index in [1.807, 2.05) is 12.1 Å². The summed E-state index contributed by atoms with van der Waals surface area (Å²) in [5, 5.41) is 2.37. The topological polar surface area (TPSA) is 95.7 Å². The lowest BCUT2D eigenvalue weighted by Crippen LogP contribution is -2.52. The predicted molar refractivity (Wildman–Crippen MR) is 102 cm³/mol. The Labute approximate surface area is 164 Å². The largest absolute Gasteiger partial charge is 0.329 e. The average Bonchev–Trinajstić information content (AvgIpc) is 3.33. The van der Waals surface area contributed by atoms with Crippen molar-refractivity contribution >= 4 is 17.7 Å². The molecule has 1 atom stereocenters. The maximum atomic E-state index is 13.0.